The lowest BCUT2D eigenvalue weighted by Crippen LogP contribution is -1.98. The van der Waals surface area contributed by atoms with Gasteiger partial charge in [0.25, 0.3) is 0 Å². The molecule has 0 aromatic heterocycles. The average molecular weight is 197 g/mol. The summed E-state index contributed by atoms with van der Waals surface area (Å²) in [5.74, 6) is 0.467. The molecule has 0 spiro atoms. The van der Waals surface area contributed by atoms with Crippen LogP contribution in [-0.2, 0) is 11.3 Å². The molecule has 70 valence electrons. The number of alkyl halides is 1. The largest absolute Gasteiger partial charge is 0.372 e. The minimum absolute atomic E-state index is 0.467. The van der Waals surface area contributed by atoms with E-state index in [0.29, 0.717) is 19.1 Å². The molecule has 0 heterocycles. The number of halogens is 1. The summed E-state index contributed by atoms with van der Waals surface area (Å²) in [5, 5.41) is 0. The molecule has 1 rings (SSSR count). The van der Waals surface area contributed by atoms with E-state index in [-0.39, 0.29) is 0 Å². The van der Waals surface area contributed by atoms with E-state index in [4.69, 9.17) is 16.3 Å². The number of rotatable bonds is 5. The average Bonchev–Trinajstić information content (AvgIpc) is 2.19. The first kappa shape index (κ1) is 10.3. The summed E-state index contributed by atoms with van der Waals surface area (Å²) in [4.78, 5) is 0. The molecule has 0 aliphatic rings. The smallest absolute Gasteiger partial charge is 0.0721 e. The fraction of sp³-hybridized carbons (Fsp3) is 0.273. The number of hydrogen-bond acceptors (Lipinski definition) is 1. The van der Waals surface area contributed by atoms with Gasteiger partial charge in [-0.1, -0.05) is 36.9 Å². The Balaban J connectivity index is 2.24. The maximum Gasteiger partial charge on any atom is 0.0721 e. The minimum atomic E-state index is 0.467. The predicted octanol–water partition coefficient (Wildman–Crippen LogP) is 3.00. The van der Waals surface area contributed by atoms with E-state index < -0.39 is 0 Å². The van der Waals surface area contributed by atoms with Gasteiger partial charge in [-0.25, -0.2) is 0 Å². The quantitative estimate of drug-likeness (QED) is 0.520. The van der Waals surface area contributed by atoms with Crippen molar-refractivity contribution in [2.24, 2.45) is 0 Å². The molecule has 0 N–H and O–H groups in total. The van der Waals surface area contributed by atoms with Gasteiger partial charge in [0.15, 0.2) is 0 Å². The molecule has 1 aromatic rings. The topological polar surface area (TPSA) is 9.23 Å². The van der Waals surface area contributed by atoms with Crippen LogP contribution in [0.5, 0.6) is 0 Å². The molecule has 1 aromatic carbocycles. The van der Waals surface area contributed by atoms with Gasteiger partial charge in [-0.2, -0.15) is 0 Å². The molecule has 2 heteroatoms. The van der Waals surface area contributed by atoms with E-state index >= 15 is 0 Å². The van der Waals surface area contributed by atoms with Crippen molar-refractivity contribution in [1.29, 1.82) is 0 Å². The molecule has 0 unspecified atom stereocenters. The highest BCUT2D eigenvalue weighted by molar-refractivity contribution is 6.19. The summed E-state index contributed by atoms with van der Waals surface area (Å²) in [7, 11) is 0. The Labute approximate surface area is 84.0 Å². The SMILES string of the molecule is C=C(CCl)COCc1ccccc1. The summed E-state index contributed by atoms with van der Waals surface area (Å²) in [5.41, 5.74) is 2.09. The zero-order chi connectivity index (χ0) is 9.52. The van der Waals surface area contributed by atoms with Gasteiger partial charge in [-0.15, -0.1) is 11.6 Å². The first-order valence-electron chi connectivity index (χ1n) is 4.17. The van der Waals surface area contributed by atoms with Crippen molar-refractivity contribution in [2.75, 3.05) is 12.5 Å². The fourth-order valence-corrected chi connectivity index (χ4v) is 1.00. The van der Waals surface area contributed by atoms with Crippen molar-refractivity contribution < 1.29 is 4.74 Å². The van der Waals surface area contributed by atoms with Crippen LogP contribution >= 0.6 is 11.6 Å². The monoisotopic (exact) mass is 196 g/mol. The third-order valence-electron chi connectivity index (χ3n) is 1.61. The Bertz CT molecular complexity index is 256. The zero-order valence-corrected chi connectivity index (χ0v) is 8.26. The first-order chi connectivity index (χ1) is 6.33. The summed E-state index contributed by atoms with van der Waals surface area (Å²) < 4.78 is 5.39. The molecule has 0 amide bonds. The Hall–Kier alpha value is -0.790. The number of ether oxygens (including phenoxy) is 1. The van der Waals surface area contributed by atoms with Gasteiger partial charge in [0.2, 0.25) is 0 Å². The minimum Gasteiger partial charge on any atom is -0.372 e. The Morgan fingerprint density at radius 3 is 2.62 bits per heavy atom. The van der Waals surface area contributed by atoms with Gasteiger partial charge in [0.1, 0.15) is 0 Å². The van der Waals surface area contributed by atoms with Crippen LogP contribution in [0, 0.1) is 0 Å². The lowest BCUT2D eigenvalue weighted by Gasteiger charge is -2.04. The summed E-state index contributed by atoms with van der Waals surface area (Å²) in [6.45, 7) is 4.91. The van der Waals surface area contributed by atoms with Crippen LogP contribution in [0.2, 0.25) is 0 Å². The Kier molecular flexibility index (Phi) is 4.58. The fourth-order valence-electron chi connectivity index (χ4n) is 0.926. The lowest BCUT2D eigenvalue weighted by atomic mass is 10.2. The molecule has 0 saturated carbocycles. The van der Waals surface area contributed by atoms with Crippen molar-refractivity contribution in [3.05, 3.63) is 48.0 Å². The summed E-state index contributed by atoms with van der Waals surface area (Å²) in [6.07, 6.45) is 0. The van der Waals surface area contributed by atoms with Gasteiger partial charge in [-0.05, 0) is 11.1 Å². The predicted molar refractivity (Wildman–Crippen MR) is 56.0 cm³/mol. The van der Waals surface area contributed by atoms with Gasteiger partial charge in [-0.3, -0.25) is 0 Å². The maximum atomic E-state index is 5.55. The lowest BCUT2D eigenvalue weighted by molar-refractivity contribution is 0.143. The highest BCUT2D eigenvalue weighted by Gasteiger charge is 1.93. The van der Waals surface area contributed by atoms with Crippen LogP contribution < -0.4 is 0 Å². The molecule has 13 heavy (non-hydrogen) atoms. The van der Waals surface area contributed by atoms with Crippen molar-refractivity contribution >= 4 is 11.6 Å². The molecular formula is C11H13ClO. The number of hydrogen-bond donors (Lipinski definition) is 0. The molecular weight excluding hydrogens is 184 g/mol. The second-order valence-electron chi connectivity index (χ2n) is 2.86. The highest BCUT2D eigenvalue weighted by Crippen LogP contribution is 2.02. The van der Waals surface area contributed by atoms with Crippen LogP contribution in [0.25, 0.3) is 0 Å². The van der Waals surface area contributed by atoms with Crippen molar-refractivity contribution in [3.63, 3.8) is 0 Å². The van der Waals surface area contributed by atoms with Gasteiger partial charge >= 0.3 is 0 Å². The third kappa shape index (κ3) is 4.11. The normalized spacial score (nSPS) is 9.92. The first-order valence-corrected chi connectivity index (χ1v) is 4.70. The van der Waals surface area contributed by atoms with E-state index in [1.54, 1.807) is 0 Å². The summed E-state index contributed by atoms with van der Waals surface area (Å²) >= 11 is 5.55. The second kappa shape index (κ2) is 5.79. The van der Waals surface area contributed by atoms with E-state index in [1.165, 1.54) is 5.56 Å². The van der Waals surface area contributed by atoms with Crippen molar-refractivity contribution in [2.45, 2.75) is 6.61 Å². The molecule has 0 atom stereocenters. The van der Waals surface area contributed by atoms with Crippen molar-refractivity contribution in [1.82, 2.24) is 0 Å². The van der Waals surface area contributed by atoms with E-state index in [0.717, 1.165) is 5.57 Å². The number of benzene rings is 1. The molecule has 0 aliphatic heterocycles. The highest BCUT2D eigenvalue weighted by atomic mass is 35.5. The maximum absolute atomic E-state index is 5.55. The molecule has 0 radical (unpaired) electrons. The molecule has 0 bridgehead atoms. The van der Waals surface area contributed by atoms with Crippen LogP contribution in [0.4, 0.5) is 0 Å². The Morgan fingerprint density at radius 1 is 1.31 bits per heavy atom. The van der Waals surface area contributed by atoms with Gasteiger partial charge in [0.05, 0.1) is 13.2 Å². The Morgan fingerprint density at radius 2 is 2.00 bits per heavy atom. The van der Waals surface area contributed by atoms with Crippen LogP contribution in [-0.4, -0.2) is 12.5 Å². The van der Waals surface area contributed by atoms with Crippen LogP contribution in [0.3, 0.4) is 0 Å². The van der Waals surface area contributed by atoms with Gasteiger partial charge < -0.3 is 4.74 Å². The molecule has 0 fully saturated rings. The van der Waals surface area contributed by atoms with Gasteiger partial charge in [0, 0.05) is 5.88 Å². The van der Waals surface area contributed by atoms with Crippen LogP contribution in [0.1, 0.15) is 5.56 Å². The third-order valence-corrected chi connectivity index (χ3v) is 1.98. The van der Waals surface area contributed by atoms with Crippen LogP contribution in [0.15, 0.2) is 42.5 Å². The molecule has 0 saturated heterocycles. The van der Waals surface area contributed by atoms with E-state index in [2.05, 4.69) is 6.58 Å². The zero-order valence-electron chi connectivity index (χ0n) is 7.50. The standard InChI is InChI=1S/C11H13ClO/c1-10(7-12)8-13-9-11-5-3-2-4-6-11/h2-6H,1,7-9H2. The second-order valence-corrected chi connectivity index (χ2v) is 3.13. The van der Waals surface area contributed by atoms with Crippen molar-refractivity contribution in [3.8, 4) is 0 Å². The summed E-state index contributed by atoms with van der Waals surface area (Å²) in [6, 6.07) is 10.0. The molecule has 0 aliphatic carbocycles. The molecule has 1 nitrogen and oxygen atoms in total. The van der Waals surface area contributed by atoms with E-state index in [1.807, 2.05) is 30.3 Å². The van der Waals surface area contributed by atoms with E-state index in [9.17, 15) is 0 Å².